The van der Waals surface area contributed by atoms with Crippen molar-refractivity contribution in [2.75, 3.05) is 12.3 Å². The second-order valence-electron chi connectivity index (χ2n) is 4.23. The quantitative estimate of drug-likeness (QED) is 0.443. The van der Waals surface area contributed by atoms with Crippen LogP contribution in [0, 0.1) is 17.0 Å². The highest BCUT2D eigenvalue weighted by molar-refractivity contribution is 7.89. The Bertz CT molecular complexity index is 627. The SMILES string of the molecule is Cc1cc(C(=O)NCCCS(N)(=O)=O)ccc1[N+](=O)[O-]. The monoisotopic (exact) mass is 301 g/mol. The molecule has 0 aliphatic heterocycles. The van der Waals surface area contributed by atoms with Gasteiger partial charge in [0.15, 0.2) is 0 Å². The number of sulfonamides is 1. The Morgan fingerprint density at radius 1 is 1.45 bits per heavy atom. The molecule has 0 atom stereocenters. The van der Waals surface area contributed by atoms with Gasteiger partial charge in [-0.1, -0.05) is 0 Å². The number of rotatable bonds is 6. The molecule has 9 heteroatoms. The lowest BCUT2D eigenvalue weighted by atomic mass is 10.1. The van der Waals surface area contributed by atoms with Gasteiger partial charge in [-0.2, -0.15) is 0 Å². The van der Waals surface area contributed by atoms with Gasteiger partial charge in [-0.25, -0.2) is 13.6 Å². The number of benzene rings is 1. The van der Waals surface area contributed by atoms with Gasteiger partial charge in [0.25, 0.3) is 11.6 Å². The topological polar surface area (TPSA) is 132 Å². The van der Waals surface area contributed by atoms with Gasteiger partial charge in [-0.05, 0) is 25.5 Å². The Labute approximate surface area is 116 Å². The number of nitrogens with two attached hydrogens (primary N) is 1. The van der Waals surface area contributed by atoms with Crippen molar-refractivity contribution in [3.8, 4) is 0 Å². The maximum Gasteiger partial charge on any atom is 0.272 e. The van der Waals surface area contributed by atoms with Gasteiger partial charge < -0.3 is 5.32 Å². The molecule has 1 aromatic carbocycles. The summed E-state index contributed by atoms with van der Waals surface area (Å²) in [7, 11) is -3.53. The van der Waals surface area contributed by atoms with E-state index in [2.05, 4.69) is 5.32 Å². The molecular formula is C11H15N3O5S. The molecule has 0 radical (unpaired) electrons. The highest BCUT2D eigenvalue weighted by Gasteiger charge is 2.13. The minimum atomic E-state index is -3.53. The zero-order valence-electron chi connectivity index (χ0n) is 10.8. The van der Waals surface area contributed by atoms with E-state index in [0.29, 0.717) is 5.56 Å². The summed E-state index contributed by atoms with van der Waals surface area (Å²) in [6.07, 6.45) is 0.205. The van der Waals surface area contributed by atoms with Crippen molar-refractivity contribution < 1.29 is 18.1 Å². The standard InChI is InChI=1S/C11H15N3O5S/c1-8-7-9(3-4-10(8)14(16)17)11(15)13-5-2-6-20(12,18)19/h3-4,7H,2,5-6H2,1H3,(H,13,15)(H2,12,18,19). The Hall–Kier alpha value is -2.00. The molecule has 110 valence electrons. The van der Waals surface area contributed by atoms with E-state index in [0.717, 1.165) is 0 Å². The smallest absolute Gasteiger partial charge is 0.272 e. The predicted octanol–water partition coefficient (Wildman–Crippen LogP) is 0.312. The summed E-state index contributed by atoms with van der Waals surface area (Å²) in [5.41, 5.74) is 0.603. The molecule has 1 aromatic rings. The lowest BCUT2D eigenvalue weighted by Crippen LogP contribution is -2.27. The third-order valence-corrected chi connectivity index (χ3v) is 3.40. The molecular weight excluding hydrogens is 286 g/mol. The van der Waals surface area contributed by atoms with Crippen LogP contribution in [0.3, 0.4) is 0 Å². The Morgan fingerprint density at radius 3 is 2.60 bits per heavy atom. The van der Waals surface area contributed by atoms with Crippen molar-refractivity contribution in [2.45, 2.75) is 13.3 Å². The second kappa shape index (κ2) is 6.44. The molecule has 0 aliphatic rings. The summed E-state index contributed by atoms with van der Waals surface area (Å²) in [4.78, 5) is 21.9. The minimum absolute atomic E-state index is 0.0595. The Kier molecular flexibility index (Phi) is 5.17. The largest absolute Gasteiger partial charge is 0.352 e. The molecule has 20 heavy (non-hydrogen) atoms. The number of hydrogen-bond acceptors (Lipinski definition) is 5. The number of carbonyl (C=O) groups excluding carboxylic acids is 1. The van der Waals surface area contributed by atoms with Gasteiger partial charge >= 0.3 is 0 Å². The highest BCUT2D eigenvalue weighted by atomic mass is 32.2. The van der Waals surface area contributed by atoms with E-state index in [4.69, 9.17) is 5.14 Å². The number of carbonyl (C=O) groups is 1. The minimum Gasteiger partial charge on any atom is -0.352 e. The van der Waals surface area contributed by atoms with Gasteiger partial charge in [-0.3, -0.25) is 14.9 Å². The molecule has 0 spiro atoms. The molecule has 0 saturated carbocycles. The van der Waals surface area contributed by atoms with E-state index >= 15 is 0 Å². The normalized spacial score (nSPS) is 11.1. The molecule has 8 nitrogen and oxygen atoms in total. The zero-order chi connectivity index (χ0) is 15.3. The van der Waals surface area contributed by atoms with Crippen LogP contribution in [-0.2, 0) is 10.0 Å². The number of nitro benzene ring substituents is 1. The summed E-state index contributed by atoms with van der Waals surface area (Å²) >= 11 is 0. The Morgan fingerprint density at radius 2 is 2.10 bits per heavy atom. The molecule has 1 rings (SSSR count). The van der Waals surface area contributed by atoms with Crippen LogP contribution in [0.5, 0.6) is 0 Å². The van der Waals surface area contributed by atoms with Crippen molar-refractivity contribution in [3.63, 3.8) is 0 Å². The number of hydrogen-bond donors (Lipinski definition) is 2. The maximum absolute atomic E-state index is 11.7. The van der Waals surface area contributed by atoms with Crippen LogP contribution in [-0.4, -0.2) is 31.5 Å². The first-order valence-corrected chi connectivity index (χ1v) is 7.46. The lowest BCUT2D eigenvalue weighted by Gasteiger charge is -2.05. The third-order valence-electron chi connectivity index (χ3n) is 2.55. The number of nitrogens with zero attached hydrogens (tertiary/aromatic N) is 1. The molecule has 0 bridgehead atoms. The van der Waals surface area contributed by atoms with Crippen LogP contribution in [0.25, 0.3) is 0 Å². The van der Waals surface area contributed by atoms with Crippen LogP contribution in [0.15, 0.2) is 18.2 Å². The van der Waals surface area contributed by atoms with Crippen molar-refractivity contribution in [3.05, 3.63) is 39.4 Å². The first-order chi connectivity index (χ1) is 9.20. The van der Waals surface area contributed by atoms with Crippen molar-refractivity contribution in [1.82, 2.24) is 5.32 Å². The van der Waals surface area contributed by atoms with Crippen molar-refractivity contribution >= 4 is 21.6 Å². The van der Waals surface area contributed by atoms with E-state index in [9.17, 15) is 23.3 Å². The average Bonchev–Trinajstić information content (AvgIpc) is 2.32. The lowest BCUT2D eigenvalue weighted by molar-refractivity contribution is -0.385. The fourth-order valence-electron chi connectivity index (χ4n) is 1.58. The van der Waals surface area contributed by atoms with Crippen LogP contribution in [0.1, 0.15) is 22.3 Å². The van der Waals surface area contributed by atoms with E-state index in [-0.39, 0.29) is 30.0 Å². The van der Waals surface area contributed by atoms with E-state index in [1.54, 1.807) is 0 Å². The van der Waals surface area contributed by atoms with Gasteiger partial charge in [0, 0.05) is 23.7 Å². The average molecular weight is 301 g/mol. The summed E-state index contributed by atoms with van der Waals surface area (Å²) < 4.78 is 21.4. The number of nitro groups is 1. The number of primary sulfonamides is 1. The molecule has 0 aliphatic carbocycles. The van der Waals surface area contributed by atoms with Crippen LogP contribution in [0.4, 0.5) is 5.69 Å². The Balaban J connectivity index is 2.60. The number of nitrogens with one attached hydrogen (secondary N) is 1. The molecule has 1 amide bonds. The zero-order valence-corrected chi connectivity index (χ0v) is 11.6. The molecule has 0 heterocycles. The van der Waals surface area contributed by atoms with Gasteiger partial charge in [0.05, 0.1) is 10.7 Å². The molecule has 0 saturated heterocycles. The predicted molar refractivity (Wildman–Crippen MR) is 72.8 cm³/mol. The van der Waals surface area contributed by atoms with Crippen molar-refractivity contribution in [2.24, 2.45) is 5.14 Å². The second-order valence-corrected chi connectivity index (χ2v) is 5.97. The van der Waals surface area contributed by atoms with Crippen LogP contribution < -0.4 is 10.5 Å². The fourth-order valence-corrected chi connectivity index (χ4v) is 2.13. The van der Waals surface area contributed by atoms with Gasteiger partial charge in [0.1, 0.15) is 0 Å². The number of amides is 1. The first kappa shape index (κ1) is 16.1. The molecule has 0 fully saturated rings. The van der Waals surface area contributed by atoms with E-state index in [1.165, 1.54) is 25.1 Å². The van der Waals surface area contributed by atoms with E-state index < -0.39 is 20.9 Å². The van der Waals surface area contributed by atoms with E-state index in [1.807, 2.05) is 0 Å². The highest BCUT2D eigenvalue weighted by Crippen LogP contribution is 2.18. The van der Waals surface area contributed by atoms with Gasteiger partial charge in [0.2, 0.25) is 10.0 Å². The summed E-state index contributed by atoms with van der Waals surface area (Å²) in [6.45, 7) is 1.70. The van der Waals surface area contributed by atoms with Crippen molar-refractivity contribution in [1.29, 1.82) is 0 Å². The summed E-state index contributed by atoms with van der Waals surface area (Å²) in [5.74, 6) is -0.635. The van der Waals surface area contributed by atoms with Crippen LogP contribution in [0.2, 0.25) is 0 Å². The summed E-state index contributed by atoms with van der Waals surface area (Å²) in [5, 5.41) is 18.0. The molecule has 0 aromatic heterocycles. The molecule has 3 N–H and O–H groups in total. The summed E-state index contributed by atoms with van der Waals surface area (Å²) in [6, 6.07) is 4.02. The van der Waals surface area contributed by atoms with Gasteiger partial charge in [-0.15, -0.1) is 0 Å². The number of aryl methyl sites for hydroxylation is 1. The first-order valence-electron chi connectivity index (χ1n) is 5.74. The maximum atomic E-state index is 11.7. The fraction of sp³-hybridized carbons (Fsp3) is 0.364. The van der Waals surface area contributed by atoms with Crippen LogP contribution >= 0.6 is 0 Å². The molecule has 0 unspecified atom stereocenters. The third kappa shape index (κ3) is 4.94.